The van der Waals surface area contributed by atoms with Crippen LogP contribution in [0.1, 0.15) is 30.3 Å². The van der Waals surface area contributed by atoms with E-state index in [9.17, 15) is 0 Å². The van der Waals surface area contributed by atoms with Crippen LogP contribution in [0, 0.1) is 6.92 Å². The van der Waals surface area contributed by atoms with E-state index in [1.807, 2.05) is 19.3 Å². The largest absolute Gasteiger partial charge is 0.381 e. The molecule has 0 aromatic carbocycles. The fourth-order valence-electron chi connectivity index (χ4n) is 2.80. The molecule has 0 radical (unpaired) electrons. The lowest BCUT2D eigenvalue weighted by atomic mass is 10.1. The first-order valence-electron chi connectivity index (χ1n) is 7.05. The molecule has 104 valence electrons. The van der Waals surface area contributed by atoms with Gasteiger partial charge in [0.05, 0.1) is 24.2 Å². The summed E-state index contributed by atoms with van der Waals surface area (Å²) in [6, 6.07) is 0.638. The van der Waals surface area contributed by atoms with Crippen molar-refractivity contribution in [3.63, 3.8) is 0 Å². The van der Waals surface area contributed by atoms with Crippen molar-refractivity contribution in [2.24, 2.45) is 0 Å². The van der Waals surface area contributed by atoms with E-state index in [0.29, 0.717) is 6.04 Å². The minimum atomic E-state index is 0.0599. The van der Waals surface area contributed by atoms with E-state index >= 15 is 0 Å². The maximum Gasteiger partial charge on any atom is 0.114 e. The first-order chi connectivity index (χ1) is 9.33. The standard InChI is InChI=1S/C14H21N3O2/c1-11-8-16-13(9-15-11)14-10-17(4-7-19-14)12-2-5-18-6-3-12/h8-9,12,14H,2-7,10H2,1H3/t14-/m1/s1. The summed E-state index contributed by atoms with van der Waals surface area (Å²) in [5.41, 5.74) is 1.89. The van der Waals surface area contributed by atoms with Crippen molar-refractivity contribution in [3.8, 4) is 0 Å². The molecular formula is C14H21N3O2. The highest BCUT2D eigenvalue weighted by Gasteiger charge is 2.29. The summed E-state index contributed by atoms with van der Waals surface area (Å²) in [6.45, 7) is 6.43. The maximum absolute atomic E-state index is 5.85. The molecule has 5 heteroatoms. The van der Waals surface area contributed by atoms with Crippen LogP contribution in [0.25, 0.3) is 0 Å². The molecule has 5 nitrogen and oxygen atoms in total. The highest BCUT2D eigenvalue weighted by Crippen LogP contribution is 2.24. The molecule has 0 aliphatic carbocycles. The van der Waals surface area contributed by atoms with E-state index in [1.165, 1.54) is 0 Å². The monoisotopic (exact) mass is 263 g/mol. The minimum absolute atomic E-state index is 0.0599. The summed E-state index contributed by atoms with van der Waals surface area (Å²) >= 11 is 0. The van der Waals surface area contributed by atoms with Crippen LogP contribution in [-0.2, 0) is 9.47 Å². The van der Waals surface area contributed by atoms with Gasteiger partial charge in [0.1, 0.15) is 6.10 Å². The SMILES string of the molecule is Cc1cnc([C@H]2CN(C3CCOCC3)CCO2)cn1. The van der Waals surface area contributed by atoms with Gasteiger partial charge in [0.15, 0.2) is 0 Å². The average Bonchev–Trinajstić information content (AvgIpc) is 2.49. The second-order valence-electron chi connectivity index (χ2n) is 5.28. The topological polar surface area (TPSA) is 47.5 Å². The van der Waals surface area contributed by atoms with Crippen molar-refractivity contribution in [2.45, 2.75) is 31.9 Å². The van der Waals surface area contributed by atoms with Gasteiger partial charge in [-0.1, -0.05) is 0 Å². The van der Waals surface area contributed by atoms with Gasteiger partial charge in [-0.25, -0.2) is 0 Å². The number of morpholine rings is 1. The van der Waals surface area contributed by atoms with Crippen LogP contribution in [0.3, 0.4) is 0 Å². The molecule has 0 saturated carbocycles. The number of aromatic nitrogens is 2. The fourth-order valence-corrected chi connectivity index (χ4v) is 2.80. The van der Waals surface area contributed by atoms with E-state index in [4.69, 9.17) is 9.47 Å². The number of ether oxygens (including phenoxy) is 2. The number of nitrogens with zero attached hydrogens (tertiary/aromatic N) is 3. The van der Waals surface area contributed by atoms with E-state index in [-0.39, 0.29) is 6.10 Å². The van der Waals surface area contributed by atoms with Crippen LogP contribution in [0.5, 0.6) is 0 Å². The molecule has 0 N–H and O–H groups in total. The number of hydrogen-bond acceptors (Lipinski definition) is 5. The summed E-state index contributed by atoms with van der Waals surface area (Å²) in [7, 11) is 0. The van der Waals surface area contributed by atoms with Crippen molar-refractivity contribution in [2.75, 3.05) is 32.9 Å². The smallest absolute Gasteiger partial charge is 0.114 e. The maximum atomic E-state index is 5.85. The highest BCUT2D eigenvalue weighted by atomic mass is 16.5. The van der Waals surface area contributed by atoms with Crippen LogP contribution in [0.4, 0.5) is 0 Å². The van der Waals surface area contributed by atoms with E-state index < -0.39 is 0 Å². The Morgan fingerprint density at radius 1 is 1.16 bits per heavy atom. The Morgan fingerprint density at radius 2 is 2.00 bits per heavy atom. The molecule has 2 aliphatic rings. The Kier molecular flexibility index (Phi) is 4.06. The third kappa shape index (κ3) is 3.11. The molecule has 19 heavy (non-hydrogen) atoms. The quantitative estimate of drug-likeness (QED) is 0.806. The summed E-state index contributed by atoms with van der Waals surface area (Å²) in [5, 5.41) is 0. The highest BCUT2D eigenvalue weighted by molar-refractivity contribution is 5.05. The van der Waals surface area contributed by atoms with Gasteiger partial charge in [-0.2, -0.15) is 0 Å². The van der Waals surface area contributed by atoms with Crippen molar-refractivity contribution in [3.05, 3.63) is 23.8 Å². The van der Waals surface area contributed by atoms with Gasteiger partial charge in [0, 0.05) is 38.5 Å². The molecule has 1 aromatic heterocycles. The van der Waals surface area contributed by atoms with Crippen molar-refractivity contribution in [1.29, 1.82) is 0 Å². The third-order valence-corrected chi connectivity index (χ3v) is 3.94. The first kappa shape index (κ1) is 13.0. The zero-order valence-electron chi connectivity index (χ0n) is 11.4. The second-order valence-corrected chi connectivity index (χ2v) is 5.28. The zero-order chi connectivity index (χ0) is 13.1. The fraction of sp³-hybridized carbons (Fsp3) is 0.714. The molecule has 0 spiro atoms. The first-order valence-corrected chi connectivity index (χ1v) is 7.05. The lowest BCUT2D eigenvalue weighted by molar-refractivity contribution is -0.0648. The van der Waals surface area contributed by atoms with Gasteiger partial charge in [0.25, 0.3) is 0 Å². The van der Waals surface area contributed by atoms with Crippen molar-refractivity contribution in [1.82, 2.24) is 14.9 Å². The number of rotatable bonds is 2. The average molecular weight is 263 g/mol. The molecule has 1 atom stereocenters. The summed E-state index contributed by atoms with van der Waals surface area (Å²) in [5.74, 6) is 0. The normalized spacial score (nSPS) is 26.5. The Hall–Kier alpha value is -1.04. The van der Waals surface area contributed by atoms with Crippen LogP contribution in [0.15, 0.2) is 12.4 Å². The van der Waals surface area contributed by atoms with E-state index in [1.54, 1.807) is 0 Å². The molecule has 0 bridgehead atoms. The van der Waals surface area contributed by atoms with Crippen molar-refractivity contribution >= 4 is 0 Å². The van der Waals surface area contributed by atoms with Gasteiger partial charge in [-0.3, -0.25) is 14.9 Å². The Bertz CT molecular complexity index is 404. The zero-order valence-corrected chi connectivity index (χ0v) is 11.4. The lowest BCUT2D eigenvalue weighted by Crippen LogP contribution is -2.47. The van der Waals surface area contributed by atoms with Gasteiger partial charge >= 0.3 is 0 Å². The molecule has 2 aliphatic heterocycles. The predicted molar refractivity (Wildman–Crippen MR) is 70.9 cm³/mol. The molecule has 3 rings (SSSR count). The summed E-state index contributed by atoms with van der Waals surface area (Å²) < 4.78 is 11.3. The Balaban J connectivity index is 1.65. The molecule has 3 heterocycles. The van der Waals surface area contributed by atoms with Crippen LogP contribution in [0.2, 0.25) is 0 Å². The van der Waals surface area contributed by atoms with E-state index in [2.05, 4.69) is 14.9 Å². The molecule has 0 amide bonds. The van der Waals surface area contributed by atoms with Gasteiger partial charge in [-0.05, 0) is 19.8 Å². The lowest BCUT2D eigenvalue weighted by Gasteiger charge is -2.39. The molecule has 2 fully saturated rings. The minimum Gasteiger partial charge on any atom is -0.381 e. The molecule has 0 unspecified atom stereocenters. The van der Waals surface area contributed by atoms with Crippen LogP contribution in [-0.4, -0.2) is 53.8 Å². The second kappa shape index (κ2) is 5.94. The molecular weight excluding hydrogens is 242 g/mol. The number of aryl methyl sites for hydroxylation is 1. The third-order valence-electron chi connectivity index (χ3n) is 3.94. The Morgan fingerprint density at radius 3 is 2.74 bits per heavy atom. The van der Waals surface area contributed by atoms with Gasteiger partial charge in [0.2, 0.25) is 0 Å². The van der Waals surface area contributed by atoms with Crippen LogP contribution >= 0.6 is 0 Å². The molecule has 1 aromatic rings. The summed E-state index contributed by atoms with van der Waals surface area (Å²) in [6.07, 6.45) is 5.97. The summed E-state index contributed by atoms with van der Waals surface area (Å²) in [4.78, 5) is 11.3. The Labute approximate surface area is 113 Å². The van der Waals surface area contributed by atoms with Crippen molar-refractivity contribution < 1.29 is 9.47 Å². The predicted octanol–water partition coefficient (Wildman–Crippen LogP) is 1.34. The molecule has 2 saturated heterocycles. The van der Waals surface area contributed by atoms with Crippen LogP contribution < -0.4 is 0 Å². The number of hydrogen-bond donors (Lipinski definition) is 0. The van der Waals surface area contributed by atoms with E-state index in [0.717, 1.165) is 57.1 Å². The van der Waals surface area contributed by atoms with Gasteiger partial charge < -0.3 is 9.47 Å². The van der Waals surface area contributed by atoms with Gasteiger partial charge in [-0.15, -0.1) is 0 Å².